The molecule has 2 nitrogen and oxygen atoms in total. The summed E-state index contributed by atoms with van der Waals surface area (Å²) in [5.41, 5.74) is 0. The Labute approximate surface area is 124 Å². The summed E-state index contributed by atoms with van der Waals surface area (Å²) in [4.78, 5) is 0. The average molecular weight is 376 g/mol. The topological polar surface area (TPSA) is 18.5 Å². The zero-order chi connectivity index (χ0) is 10.3. The van der Waals surface area contributed by atoms with Gasteiger partial charge >= 0.3 is 100 Å². The number of para-hydroxylation sites is 2. The van der Waals surface area contributed by atoms with Crippen LogP contribution in [0.5, 0.6) is 11.5 Å². The molecule has 17 heavy (non-hydrogen) atoms. The Balaban J connectivity index is 0.00000128. The molecule has 0 aliphatic heterocycles. The van der Waals surface area contributed by atoms with Gasteiger partial charge in [-0.3, -0.25) is 0 Å². The molecule has 0 saturated carbocycles. The van der Waals surface area contributed by atoms with Gasteiger partial charge in [0.15, 0.2) is 0 Å². The molecule has 0 saturated heterocycles. The second-order valence-electron chi connectivity index (χ2n) is 2.91. The predicted octanol–water partition coefficient (Wildman–Crippen LogP) is -3.31. The molecule has 0 N–H and O–H groups in total. The molecule has 5 heteroatoms. The van der Waals surface area contributed by atoms with E-state index in [1.54, 1.807) is 0 Å². The first-order valence-electron chi connectivity index (χ1n) is 4.64. The fourth-order valence-corrected chi connectivity index (χ4v) is 2.54. The van der Waals surface area contributed by atoms with Crippen LogP contribution in [0.25, 0.3) is 0 Å². The van der Waals surface area contributed by atoms with Gasteiger partial charge in [0, 0.05) is 0 Å². The van der Waals surface area contributed by atoms with Crippen LogP contribution in [0.2, 0.25) is 0 Å². The Morgan fingerprint density at radius 1 is 0.588 bits per heavy atom. The summed E-state index contributed by atoms with van der Waals surface area (Å²) >= 11 is -1.26. The van der Waals surface area contributed by atoms with Crippen molar-refractivity contribution in [2.24, 2.45) is 0 Å². The third kappa shape index (κ3) is 6.05. The first kappa shape index (κ1) is 16.4. The molecule has 0 bridgehead atoms. The van der Waals surface area contributed by atoms with Gasteiger partial charge < -0.3 is 24.8 Å². The van der Waals surface area contributed by atoms with Gasteiger partial charge in [0.25, 0.3) is 0 Å². The summed E-state index contributed by atoms with van der Waals surface area (Å²) in [6, 6.07) is 19.5. The minimum atomic E-state index is -1.26. The Kier molecular flexibility index (Phi) is 9.13. The van der Waals surface area contributed by atoms with Crippen molar-refractivity contribution in [3.8, 4) is 11.5 Å². The van der Waals surface area contributed by atoms with Crippen LogP contribution in [0, 0.1) is 0 Å². The van der Waals surface area contributed by atoms with Gasteiger partial charge in [-0.15, -0.1) is 0 Å². The molecule has 0 unspecified atom stereocenters. The summed E-state index contributed by atoms with van der Waals surface area (Å²) < 4.78 is 11.1. The molecular weight excluding hydrogens is 366 g/mol. The van der Waals surface area contributed by atoms with E-state index in [0.717, 1.165) is 11.5 Å². The Hall–Kier alpha value is -0.581. The standard InChI is InChI=1S/2C6H6O.2ClH.Sn/c2*7-6-4-2-1-3-5-6;;;/h2*1-5,7H;2*1H;/q;;;;+4/p-4. The Bertz CT molecular complexity index is 358. The fourth-order valence-electron chi connectivity index (χ4n) is 1.09. The number of halogens is 2. The summed E-state index contributed by atoms with van der Waals surface area (Å²) in [6.07, 6.45) is 0. The Morgan fingerprint density at radius 3 is 1.29 bits per heavy atom. The molecule has 2 rings (SSSR count). The van der Waals surface area contributed by atoms with Crippen LogP contribution >= 0.6 is 0 Å². The normalized spacial score (nSPS) is 8.00. The van der Waals surface area contributed by atoms with Crippen LogP contribution in [0.1, 0.15) is 0 Å². The first-order valence-corrected chi connectivity index (χ1v) is 6.97. The van der Waals surface area contributed by atoms with Gasteiger partial charge in [-0.2, -0.15) is 0 Å². The van der Waals surface area contributed by atoms with Crippen LogP contribution < -0.4 is 31.0 Å². The molecule has 0 aliphatic rings. The quantitative estimate of drug-likeness (QED) is 0.521. The Morgan fingerprint density at radius 2 is 0.941 bits per heavy atom. The molecule has 0 amide bonds. The molecule has 0 atom stereocenters. The van der Waals surface area contributed by atoms with E-state index < -0.39 is 22.0 Å². The predicted molar refractivity (Wildman–Crippen MR) is 59.9 cm³/mol. The number of hydrogen-bond donors (Lipinski definition) is 0. The van der Waals surface area contributed by atoms with Gasteiger partial charge in [-0.25, -0.2) is 0 Å². The number of rotatable bonds is 4. The van der Waals surface area contributed by atoms with E-state index in [1.165, 1.54) is 0 Å². The summed E-state index contributed by atoms with van der Waals surface area (Å²) in [7, 11) is 0. The van der Waals surface area contributed by atoms with Crippen molar-refractivity contribution in [1.82, 2.24) is 0 Å². The van der Waals surface area contributed by atoms with E-state index in [-0.39, 0.29) is 24.8 Å². The third-order valence-electron chi connectivity index (χ3n) is 1.81. The zero-order valence-corrected chi connectivity index (χ0v) is 13.2. The van der Waals surface area contributed by atoms with E-state index in [1.807, 2.05) is 60.7 Å². The van der Waals surface area contributed by atoms with Crippen LogP contribution in [0.4, 0.5) is 0 Å². The maximum atomic E-state index is 5.56. The molecule has 0 spiro atoms. The van der Waals surface area contributed by atoms with Crippen molar-refractivity contribution >= 4 is 22.0 Å². The maximum absolute atomic E-state index is 5.56. The van der Waals surface area contributed by atoms with Gasteiger partial charge in [-0.1, -0.05) is 0 Å². The van der Waals surface area contributed by atoms with Crippen molar-refractivity contribution in [2.45, 2.75) is 0 Å². The van der Waals surface area contributed by atoms with E-state index >= 15 is 0 Å². The second-order valence-corrected chi connectivity index (χ2v) is 4.55. The molecule has 2 aromatic carbocycles. The van der Waals surface area contributed by atoms with E-state index in [0.29, 0.717) is 0 Å². The molecule has 0 fully saturated rings. The molecule has 0 aromatic heterocycles. The van der Waals surface area contributed by atoms with Crippen molar-refractivity contribution in [3.05, 3.63) is 60.7 Å². The fraction of sp³-hybridized carbons (Fsp3) is 0. The zero-order valence-electron chi connectivity index (χ0n) is 8.85. The van der Waals surface area contributed by atoms with Crippen molar-refractivity contribution in [3.63, 3.8) is 0 Å². The summed E-state index contributed by atoms with van der Waals surface area (Å²) in [5, 5.41) is 0. The van der Waals surface area contributed by atoms with Crippen molar-refractivity contribution in [1.29, 1.82) is 0 Å². The van der Waals surface area contributed by atoms with Crippen LogP contribution in [0.15, 0.2) is 60.7 Å². The summed E-state index contributed by atoms with van der Waals surface area (Å²) in [5.74, 6) is 1.78. The van der Waals surface area contributed by atoms with E-state index in [2.05, 4.69) is 0 Å². The SMILES string of the molecule is [Cl-].[Cl-].c1ccc([O][Sn+2][O]c2ccccc2)cc1. The number of benzene rings is 2. The van der Waals surface area contributed by atoms with Gasteiger partial charge in [-0.05, 0) is 0 Å². The van der Waals surface area contributed by atoms with Crippen LogP contribution in [-0.2, 0) is 0 Å². The number of hydrogen-bond acceptors (Lipinski definition) is 2. The van der Waals surface area contributed by atoms with Crippen LogP contribution in [0.3, 0.4) is 0 Å². The second kappa shape index (κ2) is 9.45. The average Bonchev–Trinajstić information content (AvgIpc) is 2.32. The van der Waals surface area contributed by atoms with Gasteiger partial charge in [0.2, 0.25) is 0 Å². The van der Waals surface area contributed by atoms with Gasteiger partial charge in [0.1, 0.15) is 0 Å². The van der Waals surface area contributed by atoms with Crippen molar-refractivity contribution in [2.75, 3.05) is 0 Å². The minimum absolute atomic E-state index is 0. The molecule has 0 aliphatic carbocycles. The molecular formula is C12H10Cl2O2Sn. The molecule has 0 radical (unpaired) electrons. The first-order chi connectivity index (χ1) is 7.45. The molecule has 2 aromatic rings. The summed E-state index contributed by atoms with van der Waals surface area (Å²) in [6.45, 7) is 0. The molecule has 88 valence electrons. The van der Waals surface area contributed by atoms with Crippen LogP contribution in [-0.4, -0.2) is 22.0 Å². The van der Waals surface area contributed by atoms with Crippen molar-refractivity contribution < 1.29 is 31.0 Å². The third-order valence-corrected chi connectivity index (χ3v) is 3.63. The van der Waals surface area contributed by atoms with E-state index in [9.17, 15) is 0 Å². The van der Waals surface area contributed by atoms with Gasteiger partial charge in [0.05, 0.1) is 0 Å². The van der Waals surface area contributed by atoms with E-state index in [4.69, 9.17) is 6.15 Å². The monoisotopic (exact) mass is 376 g/mol. The molecule has 0 heterocycles.